The molecule has 1 N–H and O–H groups in total. The summed E-state index contributed by atoms with van der Waals surface area (Å²) in [6, 6.07) is 13.2. The first kappa shape index (κ1) is 22.7. The van der Waals surface area contributed by atoms with Crippen molar-refractivity contribution in [2.45, 2.75) is 65.6 Å². The van der Waals surface area contributed by atoms with E-state index in [2.05, 4.69) is 5.32 Å². The fraction of sp³-hybridized carbons (Fsp3) is 0.440. The predicted molar refractivity (Wildman–Crippen MR) is 120 cm³/mol. The molecular formula is C25H32N2O4. The van der Waals surface area contributed by atoms with E-state index >= 15 is 0 Å². The minimum Gasteiger partial charge on any atom is -0.454 e. The van der Waals surface area contributed by atoms with E-state index in [1.165, 1.54) is 0 Å². The molecule has 1 aliphatic rings. The highest BCUT2D eigenvalue weighted by atomic mass is 16.7. The molecule has 6 nitrogen and oxygen atoms in total. The Bertz CT molecular complexity index is 925. The van der Waals surface area contributed by atoms with E-state index in [0.717, 1.165) is 22.4 Å². The van der Waals surface area contributed by atoms with Gasteiger partial charge >= 0.3 is 0 Å². The summed E-state index contributed by atoms with van der Waals surface area (Å²) in [6.07, 6.45) is 1.44. The van der Waals surface area contributed by atoms with E-state index in [-0.39, 0.29) is 24.6 Å². The first-order valence-electron chi connectivity index (χ1n) is 10.9. The summed E-state index contributed by atoms with van der Waals surface area (Å²) >= 11 is 0. The van der Waals surface area contributed by atoms with Crippen LogP contribution in [0.5, 0.6) is 11.5 Å². The molecule has 2 aromatic rings. The molecule has 0 spiro atoms. The second-order valence-electron chi connectivity index (χ2n) is 8.22. The third kappa shape index (κ3) is 5.78. The van der Waals surface area contributed by atoms with Crippen molar-refractivity contribution >= 4 is 11.8 Å². The molecule has 31 heavy (non-hydrogen) atoms. The van der Waals surface area contributed by atoms with Crippen molar-refractivity contribution < 1.29 is 19.1 Å². The van der Waals surface area contributed by atoms with Crippen molar-refractivity contribution in [3.63, 3.8) is 0 Å². The van der Waals surface area contributed by atoms with Gasteiger partial charge in [0.25, 0.3) is 0 Å². The van der Waals surface area contributed by atoms with Crippen molar-refractivity contribution in [1.29, 1.82) is 0 Å². The van der Waals surface area contributed by atoms with Gasteiger partial charge in [0.15, 0.2) is 11.5 Å². The summed E-state index contributed by atoms with van der Waals surface area (Å²) in [7, 11) is 0. The van der Waals surface area contributed by atoms with Crippen LogP contribution < -0.4 is 14.8 Å². The number of aryl methyl sites for hydroxylation is 2. The molecule has 0 saturated carbocycles. The van der Waals surface area contributed by atoms with Gasteiger partial charge in [0.05, 0.1) is 0 Å². The minimum atomic E-state index is -0.508. The Morgan fingerprint density at radius 1 is 1.10 bits per heavy atom. The summed E-state index contributed by atoms with van der Waals surface area (Å²) < 4.78 is 10.8. The molecule has 0 radical (unpaired) electrons. The Morgan fingerprint density at radius 2 is 1.84 bits per heavy atom. The maximum Gasteiger partial charge on any atom is 0.243 e. The zero-order valence-electron chi connectivity index (χ0n) is 18.8. The largest absolute Gasteiger partial charge is 0.454 e. The molecule has 0 saturated heterocycles. The van der Waals surface area contributed by atoms with Gasteiger partial charge in [-0.15, -0.1) is 0 Å². The van der Waals surface area contributed by atoms with Crippen molar-refractivity contribution in [1.82, 2.24) is 10.2 Å². The first-order valence-corrected chi connectivity index (χ1v) is 10.9. The lowest BCUT2D eigenvalue weighted by Gasteiger charge is -2.31. The average molecular weight is 425 g/mol. The molecule has 1 atom stereocenters. The lowest BCUT2D eigenvalue weighted by molar-refractivity contribution is -0.141. The number of hydrogen-bond donors (Lipinski definition) is 1. The number of hydrogen-bond acceptors (Lipinski definition) is 4. The molecule has 0 fully saturated rings. The Balaban J connectivity index is 1.77. The average Bonchev–Trinajstić information content (AvgIpc) is 3.20. The van der Waals surface area contributed by atoms with Crippen LogP contribution in [-0.2, 0) is 22.6 Å². The number of nitrogens with zero attached hydrogens (tertiary/aromatic N) is 1. The second-order valence-corrected chi connectivity index (χ2v) is 8.22. The zero-order valence-corrected chi connectivity index (χ0v) is 18.8. The highest BCUT2D eigenvalue weighted by Crippen LogP contribution is 2.32. The Labute approximate surface area is 184 Å². The molecule has 2 amide bonds. The SMILES string of the molecule is CCC(C(=O)NC(C)C)N(Cc1ccccc1C)C(=O)CCc1ccc2c(c1)OCO2. The number of amides is 2. The molecule has 166 valence electrons. The molecule has 1 aliphatic heterocycles. The van der Waals surface area contributed by atoms with Crippen LogP contribution in [0.4, 0.5) is 0 Å². The van der Waals surface area contributed by atoms with Crippen molar-refractivity contribution in [2.24, 2.45) is 0 Å². The Morgan fingerprint density at radius 3 is 2.55 bits per heavy atom. The third-order valence-corrected chi connectivity index (χ3v) is 5.48. The molecule has 6 heteroatoms. The number of fused-ring (bicyclic) bond motifs is 1. The van der Waals surface area contributed by atoms with Gasteiger partial charge in [-0.1, -0.05) is 37.3 Å². The van der Waals surface area contributed by atoms with Gasteiger partial charge in [-0.2, -0.15) is 0 Å². The van der Waals surface area contributed by atoms with Crippen molar-refractivity contribution in [3.8, 4) is 11.5 Å². The molecule has 2 aromatic carbocycles. The normalized spacial score (nSPS) is 13.2. The van der Waals surface area contributed by atoms with Gasteiger partial charge in [-0.3, -0.25) is 9.59 Å². The predicted octanol–water partition coefficient (Wildman–Crippen LogP) is 3.99. The highest BCUT2D eigenvalue weighted by Gasteiger charge is 2.29. The van der Waals surface area contributed by atoms with Crippen LogP contribution in [0, 0.1) is 6.92 Å². The number of carbonyl (C=O) groups is 2. The quantitative estimate of drug-likeness (QED) is 0.661. The monoisotopic (exact) mass is 424 g/mol. The molecule has 0 bridgehead atoms. The van der Waals surface area contributed by atoms with E-state index in [9.17, 15) is 9.59 Å². The minimum absolute atomic E-state index is 0.0191. The number of nitrogens with one attached hydrogen (secondary N) is 1. The third-order valence-electron chi connectivity index (χ3n) is 5.48. The van der Waals surface area contributed by atoms with E-state index < -0.39 is 6.04 Å². The van der Waals surface area contributed by atoms with Crippen LogP contribution in [0.2, 0.25) is 0 Å². The summed E-state index contributed by atoms with van der Waals surface area (Å²) in [4.78, 5) is 27.9. The second kappa shape index (κ2) is 10.3. The molecule has 0 aromatic heterocycles. The van der Waals surface area contributed by atoms with Crippen LogP contribution in [0.1, 0.15) is 50.3 Å². The fourth-order valence-corrected chi connectivity index (χ4v) is 3.76. The summed E-state index contributed by atoms with van der Waals surface area (Å²) in [5, 5.41) is 2.97. The molecule has 1 unspecified atom stereocenters. The van der Waals surface area contributed by atoms with Gasteiger partial charge in [-0.25, -0.2) is 0 Å². The maximum atomic E-state index is 13.3. The summed E-state index contributed by atoms with van der Waals surface area (Å²) in [5.74, 6) is 1.30. The van der Waals surface area contributed by atoms with Crippen LogP contribution >= 0.6 is 0 Å². The number of carbonyl (C=O) groups excluding carboxylic acids is 2. The Hall–Kier alpha value is -3.02. The van der Waals surface area contributed by atoms with Gasteiger partial charge in [-0.05, 0) is 62.4 Å². The number of rotatable bonds is 9. The smallest absolute Gasteiger partial charge is 0.243 e. The van der Waals surface area contributed by atoms with E-state index in [0.29, 0.717) is 31.6 Å². The van der Waals surface area contributed by atoms with Crippen molar-refractivity contribution in [3.05, 3.63) is 59.2 Å². The molecule has 3 rings (SSSR count). The van der Waals surface area contributed by atoms with Gasteiger partial charge in [0.2, 0.25) is 18.6 Å². The van der Waals surface area contributed by atoms with Crippen LogP contribution in [-0.4, -0.2) is 35.6 Å². The van der Waals surface area contributed by atoms with E-state index in [1.54, 1.807) is 4.90 Å². The number of ether oxygens (including phenoxy) is 2. The zero-order chi connectivity index (χ0) is 22.4. The van der Waals surface area contributed by atoms with Crippen LogP contribution in [0.3, 0.4) is 0 Å². The van der Waals surface area contributed by atoms with E-state index in [4.69, 9.17) is 9.47 Å². The molecule has 0 aliphatic carbocycles. The van der Waals surface area contributed by atoms with Crippen LogP contribution in [0.15, 0.2) is 42.5 Å². The standard InChI is InChI=1S/C25H32N2O4/c1-5-21(25(29)26-17(2)3)27(15-20-9-7-6-8-18(20)4)24(28)13-11-19-10-12-22-23(14-19)31-16-30-22/h6-10,12,14,17,21H,5,11,13,15-16H2,1-4H3,(H,26,29). The number of benzene rings is 2. The molecular weight excluding hydrogens is 392 g/mol. The highest BCUT2D eigenvalue weighted by molar-refractivity contribution is 5.88. The Kier molecular flexibility index (Phi) is 7.55. The lowest BCUT2D eigenvalue weighted by Crippen LogP contribution is -2.50. The molecule has 1 heterocycles. The fourth-order valence-electron chi connectivity index (χ4n) is 3.76. The van der Waals surface area contributed by atoms with Gasteiger partial charge < -0.3 is 19.7 Å². The van der Waals surface area contributed by atoms with E-state index in [1.807, 2.05) is 70.2 Å². The lowest BCUT2D eigenvalue weighted by atomic mass is 10.0. The topological polar surface area (TPSA) is 67.9 Å². The van der Waals surface area contributed by atoms with Gasteiger partial charge in [0, 0.05) is 19.0 Å². The summed E-state index contributed by atoms with van der Waals surface area (Å²) in [6.45, 7) is 8.47. The summed E-state index contributed by atoms with van der Waals surface area (Å²) in [5.41, 5.74) is 3.16. The van der Waals surface area contributed by atoms with Crippen molar-refractivity contribution in [2.75, 3.05) is 6.79 Å². The first-order chi connectivity index (χ1) is 14.9. The van der Waals surface area contributed by atoms with Gasteiger partial charge in [0.1, 0.15) is 6.04 Å². The van der Waals surface area contributed by atoms with Crippen LogP contribution in [0.25, 0.3) is 0 Å². The maximum absolute atomic E-state index is 13.3.